The van der Waals surface area contributed by atoms with Crippen molar-refractivity contribution in [1.82, 2.24) is 8.61 Å². The van der Waals surface area contributed by atoms with Crippen molar-refractivity contribution in [3.05, 3.63) is 30.1 Å². The molecule has 1 atom stereocenters. The van der Waals surface area contributed by atoms with Crippen LogP contribution in [0.25, 0.3) is 0 Å². The van der Waals surface area contributed by atoms with E-state index in [0.717, 1.165) is 32.9 Å². The number of sulfonamides is 2. The van der Waals surface area contributed by atoms with E-state index in [9.17, 15) is 26.0 Å². The van der Waals surface area contributed by atoms with Gasteiger partial charge in [0, 0.05) is 26.7 Å². The summed E-state index contributed by atoms with van der Waals surface area (Å²) in [5.41, 5.74) is 0. The second-order valence-electron chi connectivity index (χ2n) is 5.78. The third kappa shape index (κ3) is 4.54. The molecule has 1 aromatic rings. The van der Waals surface area contributed by atoms with E-state index in [1.165, 1.54) is 7.05 Å². The Hall–Kier alpha value is -1.56. The van der Waals surface area contributed by atoms with Crippen LogP contribution in [0.1, 0.15) is 6.42 Å². The maximum atomic E-state index is 12.9. The minimum absolute atomic E-state index is 0.105. The van der Waals surface area contributed by atoms with Crippen LogP contribution in [0.15, 0.2) is 29.2 Å². The van der Waals surface area contributed by atoms with Gasteiger partial charge in [0.2, 0.25) is 20.0 Å². The molecule has 0 bridgehead atoms. The Morgan fingerprint density at radius 3 is 2.40 bits per heavy atom. The van der Waals surface area contributed by atoms with E-state index in [1.807, 2.05) is 0 Å². The third-order valence-corrected chi connectivity index (χ3v) is 7.77. The quantitative estimate of drug-likeness (QED) is 0.706. The number of rotatable bonds is 7. The molecule has 1 unspecified atom stereocenters. The Balaban J connectivity index is 2.02. The number of halogens is 1. The highest BCUT2D eigenvalue weighted by Crippen LogP contribution is 2.20. The fourth-order valence-corrected chi connectivity index (χ4v) is 5.30. The van der Waals surface area contributed by atoms with Gasteiger partial charge >= 0.3 is 5.97 Å². The summed E-state index contributed by atoms with van der Waals surface area (Å²) < 4.78 is 64.1. The van der Waals surface area contributed by atoms with E-state index in [1.54, 1.807) is 0 Å². The summed E-state index contributed by atoms with van der Waals surface area (Å²) >= 11 is 0. The lowest BCUT2D eigenvalue weighted by atomic mass is 10.1. The molecule has 1 N–H and O–H groups in total. The fraction of sp³-hybridized carbons (Fsp3) is 0.500. The topological polar surface area (TPSA) is 112 Å². The Labute approximate surface area is 146 Å². The van der Waals surface area contributed by atoms with Crippen molar-refractivity contribution in [2.75, 3.05) is 32.4 Å². The van der Waals surface area contributed by atoms with Gasteiger partial charge in [0.15, 0.2) is 0 Å². The van der Waals surface area contributed by atoms with E-state index in [0.29, 0.717) is 0 Å². The molecule has 140 valence electrons. The van der Waals surface area contributed by atoms with Gasteiger partial charge in [-0.05, 0) is 30.7 Å². The van der Waals surface area contributed by atoms with Crippen LogP contribution in [-0.4, -0.2) is 69.0 Å². The first-order chi connectivity index (χ1) is 11.5. The second-order valence-corrected chi connectivity index (χ2v) is 9.91. The minimum Gasteiger partial charge on any atom is -0.481 e. The molecule has 0 radical (unpaired) electrons. The average molecular weight is 394 g/mol. The van der Waals surface area contributed by atoms with Gasteiger partial charge in [0.05, 0.1) is 16.6 Å². The molecule has 0 saturated carbocycles. The number of benzene rings is 1. The second kappa shape index (κ2) is 7.36. The lowest BCUT2D eigenvalue weighted by Crippen LogP contribution is -2.37. The van der Waals surface area contributed by atoms with Crippen LogP contribution in [0, 0.1) is 11.7 Å². The summed E-state index contributed by atoms with van der Waals surface area (Å²) in [6.45, 7) is -0.296. The van der Waals surface area contributed by atoms with E-state index in [4.69, 9.17) is 5.11 Å². The van der Waals surface area contributed by atoms with E-state index in [-0.39, 0.29) is 31.0 Å². The van der Waals surface area contributed by atoms with Crippen LogP contribution in [0.4, 0.5) is 4.39 Å². The van der Waals surface area contributed by atoms with Crippen molar-refractivity contribution >= 4 is 26.0 Å². The van der Waals surface area contributed by atoms with Gasteiger partial charge in [-0.3, -0.25) is 4.79 Å². The number of nitrogens with zero attached hydrogens (tertiary/aromatic N) is 2. The van der Waals surface area contributed by atoms with Crippen LogP contribution >= 0.6 is 0 Å². The van der Waals surface area contributed by atoms with Gasteiger partial charge in [-0.1, -0.05) is 0 Å². The summed E-state index contributed by atoms with van der Waals surface area (Å²) in [6.07, 6.45) is 0.234. The van der Waals surface area contributed by atoms with Gasteiger partial charge < -0.3 is 5.11 Å². The third-order valence-electron chi connectivity index (χ3n) is 4.08. The highest BCUT2D eigenvalue weighted by atomic mass is 32.2. The Kier molecular flexibility index (Phi) is 5.82. The van der Waals surface area contributed by atoms with Gasteiger partial charge in [0.25, 0.3) is 0 Å². The molecule has 11 heteroatoms. The van der Waals surface area contributed by atoms with Crippen molar-refractivity contribution in [2.24, 2.45) is 5.92 Å². The van der Waals surface area contributed by atoms with Crippen molar-refractivity contribution in [2.45, 2.75) is 11.3 Å². The normalized spacial score (nSPS) is 19.4. The molecule has 1 heterocycles. The molecule has 1 aromatic carbocycles. The van der Waals surface area contributed by atoms with Crippen LogP contribution < -0.4 is 0 Å². The molecule has 1 saturated heterocycles. The largest absolute Gasteiger partial charge is 0.481 e. The van der Waals surface area contributed by atoms with E-state index < -0.39 is 43.5 Å². The maximum absolute atomic E-state index is 12.9. The fourth-order valence-electron chi connectivity index (χ4n) is 2.46. The number of hydrogen-bond acceptors (Lipinski definition) is 5. The summed E-state index contributed by atoms with van der Waals surface area (Å²) in [7, 11) is -6.47. The highest BCUT2D eigenvalue weighted by molar-refractivity contribution is 7.90. The monoisotopic (exact) mass is 394 g/mol. The summed E-state index contributed by atoms with van der Waals surface area (Å²) in [4.78, 5) is 10.8. The van der Waals surface area contributed by atoms with Crippen molar-refractivity contribution in [1.29, 1.82) is 0 Å². The Morgan fingerprint density at radius 2 is 1.88 bits per heavy atom. The molecule has 1 aliphatic heterocycles. The van der Waals surface area contributed by atoms with Crippen molar-refractivity contribution < 1.29 is 31.1 Å². The van der Waals surface area contributed by atoms with Crippen LogP contribution in [0.3, 0.4) is 0 Å². The summed E-state index contributed by atoms with van der Waals surface area (Å²) in [5.74, 6) is -2.83. The number of carboxylic acid groups (broad SMARTS) is 1. The molecular weight excluding hydrogens is 375 g/mol. The molecule has 0 aromatic heterocycles. The van der Waals surface area contributed by atoms with E-state index in [2.05, 4.69) is 0 Å². The molecule has 1 aliphatic rings. The SMILES string of the molecule is CN(CCS(=O)(=O)N1CCC(C(=O)O)C1)S(=O)(=O)c1ccc(F)cc1. The number of carbonyl (C=O) groups is 1. The number of aliphatic carboxylic acids is 1. The van der Waals surface area contributed by atoms with Crippen LogP contribution in [0.5, 0.6) is 0 Å². The molecule has 2 rings (SSSR count). The molecule has 0 amide bonds. The first-order valence-corrected chi connectivity index (χ1v) is 10.5. The standard InChI is InChI=1S/C14H19FN2O6S2/c1-16(25(22,23)13-4-2-12(15)3-5-13)8-9-24(20,21)17-7-6-11(10-17)14(18)19/h2-5,11H,6-10H2,1H3,(H,18,19). The smallest absolute Gasteiger partial charge is 0.307 e. The number of hydrogen-bond donors (Lipinski definition) is 1. The highest BCUT2D eigenvalue weighted by Gasteiger charge is 2.35. The molecule has 1 fully saturated rings. The van der Waals surface area contributed by atoms with Gasteiger partial charge in [-0.15, -0.1) is 0 Å². The van der Waals surface area contributed by atoms with Crippen molar-refractivity contribution in [3.8, 4) is 0 Å². The summed E-state index contributed by atoms with van der Waals surface area (Å²) in [5, 5.41) is 8.93. The minimum atomic E-state index is -3.94. The molecule has 0 spiro atoms. The lowest BCUT2D eigenvalue weighted by Gasteiger charge is -2.20. The number of carboxylic acids is 1. The first kappa shape index (κ1) is 19.8. The molecule has 8 nitrogen and oxygen atoms in total. The molecular formula is C14H19FN2O6S2. The zero-order valence-corrected chi connectivity index (χ0v) is 15.1. The predicted octanol–water partition coefficient (Wildman–Crippen LogP) is 0.183. The predicted molar refractivity (Wildman–Crippen MR) is 87.3 cm³/mol. The summed E-state index contributed by atoms with van der Waals surface area (Å²) in [6, 6.07) is 4.22. The maximum Gasteiger partial charge on any atom is 0.307 e. The van der Waals surface area contributed by atoms with Gasteiger partial charge in [-0.2, -0.15) is 4.31 Å². The van der Waals surface area contributed by atoms with Gasteiger partial charge in [-0.25, -0.2) is 25.5 Å². The van der Waals surface area contributed by atoms with E-state index >= 15 is 0 Å². The molecule has 25 heavy (non-hydrogen) atoms. The average Bonchev–Trinajstić information content (AvgIpc) is 3.04. The molecule has 0 aliphatic carbocycles. The van der Waals surface area contributed by atoms with Crippen molar-refractivity contribution in [3.63, 3.8) is 0 Å². The van der Waals surface area contributed by atoms with Gasteiger partial charge in [0.1, 0.15) is 5.82 Å². The zero-order valence-electron chi connectivity index (χ0n) is 13.5. The van der Waals surface area contributed by atoms with Crippen LogP contribution in [0.2, 0.25) is 0 Å². The van der Waals surface area contributed by atoms with Crippen LogP contribution in [-0.2, 0) is 24.8 Å². The Bertz CT molecular complexity index is 839. The first-order valence-electron chi connectivity index (χ1n) is 7.46. The zero-order chi connectivity index (χ0) is 18.8. The lowest BCUT2D eigenvalue weighted by molar-refractivity contribution is -0.141. The Morgan fingerprint density at radius 1 is 1.28 bits per heavy atom.